The third-order valence-electron chi connectivity index (χ3n) is 2.58. The van der Waals surface area contributed by atoms with E-state index in [0.717, 1.165) is 16.6 Å². The smallest absolute Gasteiger partial charge is 0.0784 e. The molecule has 3 nitrogen and oxygen atoms in total. The standard InChI is InChI=1S/C13H19BrClNO2/c1-13(17,9-16-5-6-18-2)8-10-3-4-11(14)7-12(10)15/h3-4,7,16-17H,5-6,8-9H2,1-2H3. The summed E-state index contributed by atoms with van der Waals surface area (Å²) in [5, 5.41) is 14.1. The van der Waals surface area contributed by atoms with E-state index in [1.165, 1.54) is 0 Å². The zero-order chi connectivity index (χ0) is 13.6. The number of rotatable bonds is 7. The normalized spacial score (nSPS) is 14.5. The highest BCUT2D eigenvalue weighted by Crippen LogP contribution is 2.24. The van der Waals surface area contributed by atoms with Crippen LogP contribution in [0.4, 0.5) is 0 Å². The summed E-state index contributed by atoms with van der Waals surface area (Å²) in [5.41, 5.74) is 0.115. The second-order valence-electron chi connectivity index (χ2n) is 4.58. The molecule has 102 valence electrons. The van der Waals surface area contributed by atoms with Crippen LogP contribution in [-0.4, -0.2) is 37.5 Å². The van der Waals surface area contributed by atoms with Crippen molar-refractivity contribution >= 4 is 27.5 Å². The Morgan fingerprint density at radius 2 is 2.22 bits per heavy atom. The van der Waals surface area contributed by atoms with E-state index in [9.17, 15) is 5.11 Å². The van der Waals surface area contributed by atoms with Crippen molar-refractivity contribution in [3.63, 3.8) is 0 Å². The predicted octanol–water partition coefficient (Wildman–Crippen LogP) is 2.63. The highest BCUT2D eigenvalue weighted by Gasteiger charge is 2.21. The van der Waals surface area contributed by atoms with Crippen LogP contribution in [0.5, 0.6) is 0 Å². The van der Waals surface area contributed by atoms with Gasteiger partial charge >= 0.3 is 0 Å². The fourth-order valence-electron chi connectivity index (χ4n) is 1.67. The van der Waals surface area contributed by atoms with E-state index in [2.05, 4.69) is 21.2 Å². The fraction of sp³-hybridized carbons (Fsp3) is 0.538. The molecule has 0 amide bonds. The molecular formula is C13H19BrClNO2. The van der Waals surface area contributed by atoms with E-state index in [1.54, 1.807) is 14.0 Å². The van der Waals surface area contributed by atoms with Crippen molar-refractivity contribution in [2.75, 3.05) is 26.8 Å². The van der Waals surface area contributed by atoms with Crippen LogP contribution in [0.1, 0.15) is 12.5 Å². The maximum absolute atomic E-state index is 10.3. The number of hydrogen-bond donors (Lipinski definition) is 2. The summed E-state index contributed by atoms with van der Waals surface area (Å²) >= 11 is 9.50. The largest absolute Gasteiger partial charge is 0.389 e. The molecule has 18 heavy (non-hydrogen) atoms. The van der Waals surface area contributed by atoms with Crippen LogP contribution in [0, 0.1) is 0 Å². The number of nitrogens with one attached hydrogen (secondary N) is 1. The number of hydrogen-bond acceptors (Lipinski definition) is 3. The number of aliphatic hydroxyl groups is 1. The van der Waals surface area contributed by atoms with Gasteiger partial charge in [0.15, 0.2) is 0 Å². The molecule has 1 aromatic carbocycles. The Kier molecular flexibility index (Phi) is 6.60. The maximum atomic E-state index is 10.3. The lowest BCUT2D eigenvalue weighted by Crippen LogP contribution is -2.40. The molecule has 5 heteroatoms. The SMILES string of the molecule is COCCNCC(C)(O)Cc1ccc(Br)cc1Cl. The lowest BCUT2D eigenvalue weighted by Gasteiger charge is -2.24. The Morgan fingerprint density at radius 3 is 2.83 bits per heavy atom. The summed E-state index contributed by atoms with van der Waals surface area (Å²) in [6.45, 7) is 3.66. The van der Waals surface area contributed by atoms with Crippen LogP contribution in [0.15, 0.2) is 22.7 Å². The number of methoxy groups -OCH3 is 1. The zero-order valence-electron chi connectivity index (χ0n) is 10.7. The first kappa shape index (κ1) is 15.9. The summed E-state index contributed by atoms with van der Waals surface area (Å²) in [4.78, 5) is 0. The van der Waals surface area contributed by atoms with E-state index in [0.29, 0.717) is 24.6 Å². The van der Waals surface area contributed by atoms with Crippen LogP contribution >= 0.6 is 27.5 Å². The van der Waals surface area contributed by atoms with Gasteiger partial charge < -0.3 is 15.2 Å². The summed E-state index contributed by atoms with van der Waals surface area (Å²) in [5.74, 6) is 0. The highest BCUT2D eigenvalue weighted by atomic mass is 79.9. The first-order valence-corrected chi connectivity index (χ1v) is 6.98. The number of ether oxygens (including phenoxy) is 1. The lowest BCUT2D eigenvalue weighted by molar-refractivity contribution is 0.0581. The van der Waals surface area contributed by atoms with Gasteiger partial charge in [-0.15, -0.1) is 0 Å². The van der Waals surface area contributed by atoms with E-state index in [-0.39, 0.29) is 0 Å². The molecule has 1 unspecified atom stereocenters. The molecule has 0 bridgehead atoms. The van der Waals surface area contributed by atoms with Crippen molar-refractivity contribution in [1.82, 2.24) is 5.32 Å². The van der Waals surface area contributed by atoms with Crippen LogP contribution in [-0.2, 0) is 11.2 Å². The summed E-state index contributed by atoms with van der Waals surface area (Å²) in [6, 6.07) is 5.69. The van der Waals surface area contributed by atoms with Gasteiger partial charge in [-0.05, 0) is 24.6 Å². The Morgan fingerprint density at radius 1 is 1.50 bits per heavy atom. The average molecular weight is 337 g/mol. The quantitative estimate of drug-likeness (QED) is 0.752. The van der Waals surface area contributed by atoms with Gasteiger partial charge in [-0.3, -0.25) is 0 Å². The monoisotopic (exact) mass is 335 g/mol. The van der Waals surface area contributed by atoms with Gasteiger partial charge in [-0.1, -0.05) is 33.6 Å². The van der Waals surface area contributed by atoms with Crippen molar-refractivity contribution in [1.29, 1.82) is 0 Å². The Balaban J connectivity index is 2.53. The van der Waals surface area contributed by atoms with Gasteiger partial charge in [0.1, 0.15) is 0 Å². The van der Waals surface area contributed by atoms with Crippen molar-refractivity contribution in [3.8, 4) is 0 Å². The molecule has 2 N–H and O–H groups in total. The predicted molar refractivity (Wildman–Crippen MR) is 78.2 cm³/mol. The van der Waals surface area contributed by atoms with Crippen molar-refractivity contribution in [3.05, 3.63) is 33.3 Å². The molecule has 0 fully saturated rings. The van der Waals surface area contributed by atoms with Gasteiger partial charge in [0.2, 0.25) is 0 Å². The Hall–Kier alpha value is -0.130. The average Bonchev–Trinajstić information content (AvgIpc) is 2.28. The van der Waals surface area contributed by atoms with Crippen molar-refractivity contribution < 1.29 is 9.84 Å². The minimum Gasteiger partial charge on any atom is -0.389 e. The molecule has 0 spiro atoms. The highest BCUT2D eigenvalue weighted by molar-refractivity contribution is 9.10. The topological polar surface area (TPSA) is 41.5 Å². The summed E-state index contributed by atoms with van der Waals surface area (Å²) in [7, 11) is 1.65. The van der Waals surface area contributed by atoms with Crippen LogP contribution < -0.4 is 5.32 Å². The molecular weight excluding hydrogens is 318 g/mol. The van der Waals surface area contributed by atoms with E-state index >= 15 is 0 Å². The Bertz CT molecular complexity index is 385. The van der Waals surface area contributed by atoms with Gasteiger partial charge in [-0.25, -0.2) is 0 Å². The summed E-state index contributed by atoms with van der Waals surface area (Å²) in [6.07, 6.45) is 0.513. The maximum Gasteiger partial charge on any atom is 0.0784 e. The van der Waals surface area contributed by atoms with Gasteiger partial charge in [0.25, 0.3) is 0 Å². The summed E-state index contributed by atoms with van der Waals surface area (Å²) < 4.78 is 5.88. The fourth-order valence-corrected chi connectivity index (χ4v) is 2.41. The second kappa shape index (κ2) is 7.46. The van der Waals surface area contributed by atoms with Crippen LogP contribution in [0.2, 0.25) is 5.02 Å². The first-order chi connectivity index (χ1) is 8.44. The van der Waals surface area contributed by atoms with Crippen molar-refractivity contribution in [2.45, 2.75) is 18.9 Å². The number of benzene rings is 1. The molecule has 0 aliphatic heterocycles. The van der Waals surface area contributed by atoms with Gasteiger partial charge in [0.05, 0.1) is 12.2 Å². The van der Waals surface area contributed by atoms with Crippen LogP contribution in [0.25, 0.3) is 0 Å². The molecule has 1 aromatic rings. The molecule has 0 heterocycles. The van der Waals surface area contributed by atoms with Gasteiger partial charge in [-0.2, -0.15) is 0 Å². The molecule has 0 radical (unpaired) electrons. The van der Waals surface area contributed by atoms with Gasteiger partial charge in [0, 0.05) is 36.1 Å². The zero-order valence-corrected chi connectivity index (χ0v) is 13.0. The lowest BCUT2D eigenvalue weighted by atomic mass is 9.96. The minimum atomic E-state index is -0.828. The molecule has 0 saturated carbocycles. The van der Waals surface area contributed by atoms with Crippen LogP contribution in [0.3, 0.4) is 0 Å². The number of halogens is 2. The third-order valence-corrected chi connectivity index (χ3v) is 3.42. The molecule has 0 aliphatic rings. The Labute approximate surface area is 122 Å². The molecule has 0 aromatic heterocycles. The van der Waals surface area contributed by atoms with Crippen molar-refractivity contribution in [2.24, 2.45) is 0 Å². The van der Waals surface area contributed by atoms with E-state index in [4.69, 9.17) is 16.3 Å². The second-order valence-corrected chi connectivity index (χ2v) is 5.90. The third kappa shape index (κ3) is 5.67. The first-order valence-electron chi connectivity index (χ1n) is 5.80. The molecule has 0 saturated heterocycles. The van der Waals surface area contributed by atoms with E-state index < -0.39 is 5.60 Å². The minimum absolute atomic E-state index is 0.503. The molecule has 1 rings (SSSR count). The molecule has 0 aliphatic carbocycles. The molecule has 1 atom stereocenters. The van der Waals surface area contributed by atoms with E-state index in [1.807, 2.05) is 18.2 Å².